The maximum atomic E-state index is 13.9. The first-order valence-electron chi connectivity index (χ1n) is 10.9. The molecule has 8 heteroatoms. The number of rotatable bonds is 7. The second-order valence-electron chi connectivity index (χ2n) is 8.24. The minimum atomic E-state index is -3.02. The van der Waals surface area contributed by atoms with E-state index in [4.69, 9.17) is 16.3 Å². The molecule has 1 aliphatic carbocycles. The zero-order chi connectivity index (χ0) is 24.5. The van der Waals surface area contributed by atoms with Crippen molar-refractivity contribution in [1.82, 2.24) is 4.98 Å². The number of hydrogen-bond donors (Lipinski definition) is 1. The molecule has 34 heavy (non-hydrogen) atoms. The Morgan fingerprint density at radius 3 is 2.62 bits per heavy atom. The van der Waals surface area contributed by atoms with Gasteiger partial charge >= 0.3 is 5.97 Å². The van der Waals surface area contributed by atoms with Crippen molar-refractivity contribution in [3.8, 4) is 11.1 Å². The van der Waals surface area contributed by atoms with Crippen LogP contribution in [0.25, 0.3) is 11.1 Å². The first kappa shape index (κ1) is 23.8. The third kappa shape index (κ3) is 4.94. The van der Waals surface area contributed by atoms with Gasteiger partial charge < -0.3 is 10.1 Å². The summed E-state index contributed by atoms with van der Waals surface area (Å²) < 4.78 is 32.7. The fraction of sp³-hybridized carbons (Fsp3) is 0.269. The Morgan fingerprint density at radius 1 is 1.18 bits per heavy atom. The molecule has 0 saturated heterocycles. The van der Waals surface area contributed by atoms with Crippen molar-refractivity contribution in [1.29, 1.82) is 0 Å². The first-order chi connectivity index (χ1) is 16.2. The van der Waals surface area contributed by atoms with E-state index in [9.17, 15) is 18.4 Å². The van der Waals surface area contributed by atoms with E-state index in [1.165, 1.54) is 38.4 Å². The van der Waals surface area contributed by atoms with Gasteiger partial charge in [0.1, 0.15) is 5.69 Å². The molecule has 5 nitrogen and oxygen atoms in total. The molecule has 1 N–H and O–H groups in total. The van der Waals surface area contributed by atoms with Crippen molar-refractivity contribution >= 4 is 29.2 Å². The molecular weight excluding hydrogens is 462 g/mol. The van der Waals surface area contributed by atoms with Crippen LogP contribution >= 0.6 is 11.6 Å². The van der Waals surface area contributed by atoms with Crippen LogP contribution in [0, 0.1) is 5.92 Å². The number of amides is 1. The van der Waals surface area contributed by atoms with E-state index in [0.717, 1.165) is 5.56 Å². The summed E-state index contributed by atoms with van der Waals surface area (Å²) in [6.07, 6.45) is 1.66. The molecule has 0 bridgehead atoms. The Balaban J connectivity index is 1.54. The number of nitrogens with zero attached hydrogens (tertiary/aromatic N) is 1. The van der Waals surface area contributed by atoms with Gasteiger partial charge in [0.25, 0.3) is 5.92 Å². The third-order valence-corrected chi connectivity index (χ3v) is 6.22. The molecule has 0 aliphatic heterocycles. The van der Waals surface area contributed by atoms with Crippen LogP contribution in [-0.2, 0) is 15.5 Å². The van der Waals surface area contributed by atoms with Gasteiger partial charge in [0.05, 0.1) is 12.7 Å². The molecule has 1 aliphatic rings. The normalized spacial score (nSPS) is 17.2. The van der Waals surface area contributed by atoms with Gasteiger partial charge in [-0.05, 0) is 53.8 Å². The lowest BCUT2D eigenvalue weighted by Crippen LogP contribution is -2.15. The minimum Gasteiger partial charge on any atom is -0.465 e. The molecule has 0 spiro atoms. The molecule has 3 aromatic rings. The highest BCUT2D eigenvalue weighted by atomic mass is 35.5. The van der Waals surface area contributed by atoms with Crippen molar-refractivity contribution < 1.29 is 23.1 Å². The predicted molar refractivity (Wildman–Crippen MR) is 126 cm³/mol. The number of halogens is 3. The SMILES string of the molecule is CCC(F)(F)c1ccc(-c2ccc(NC(=O)C3CC3c3cccc(Cl)c3)cc2C(=O)OC)cn1. The summed E-state index contributed by atoms with van der Waals surface area (Å²) >= 11 is 6.05. The largest absolute Gasteiger partial charge is 0.465 e. The molecule has 0 radical (unpaired) electrons. The topological polar surface area (TPSA) is 68.3 Å². The number of nitrogens with one attached hydrogen (secondary N) is 1. The highest BCUT2D eigenvalue weighted by Gasteiger charge is 2.44. The monoisotopic (exact) mass is 484 g/mol. The number of carbonyl (C=O) groups is 2. The van der Waals surface area contributed by atoms with Crippen molar-refractivity contribution in [2.45, 2.75) is 31.6 Å². The molecule has 176 valence electrons. The maximum Gasteiger partial charge on any atom is 0.338 e. The van der Waals surface area contributed by atoms with Crippen LogP contribution in [0.4, 0.5) is 14.5 Å². The quantitative estimate of drug-likeness (QED) is 0.392. The molecule has 1 amide bonds. The van der Waals surface area contributed by atoms with Gasteiger partial charge in [-0.2, -0.15) is 8.78 Å². The van der Waals surface area contributed by atoms with E-state index in [1.807, 2.05) is 18.2 Å². The average Bonchev–Trinajstić information content (AvgIpc) is 3.65. The lowest BCUT2D eigenvalue weighted by molar-refractivity contribution is -0.117. The number of carbonyl (C=O) groups excluding carboxylic acids is 2. The minimum absolute atomic E-state index is 0.101. The van der Waals surface area contributed by atoms with Crippen LogP contribution in [0.5, 0.6) is 0 Å². The molecule has 4 rings (SSSR count). The molecule has 1 aromatic heterocycles. The van der Waals surface area contributed by atoms with E-state index in [1.54, 1.807) is 18.2 Å². The second-order valence-corrected chi connectivity index (χ2v) is 8.67. The van der Waals surface area contributed by atoms with Gasteiger partial charge in [0.2, 0.25) is 5.91 Å². The zero-order valence-electron chi connectivity index (χ0n) is 18.6. The molecule has 2 unspecified atom stereocenters. The second kappa shape index (κ2) is 9.50. The van der Waals surface area contributed by atoms with Crippen molar-refractivity contribution in [2.75, 3.05) is 12.4 Å². The fourth-order valence-electron chi connectivity index (χ4n) is 3.93. The van der Waals surface area contributed by atoms with Gasteiger partial charge in [-0.3, -0.25) is 9.78 Å². The van der Waals surface area contributed by atoms with Crippen LogP contribution in [0.2, 0.25) is 5.02 Å². The van der Waals surface area contributed by atoms with Crippen LogP contribution in [0.15, 0.2) is 60.8 Å². The zero-order valence-corrected chi connectivity index (χ0v) is 19.4. The Bertz CT molecular complexity index is 1230. The number of methoxy groups -OCH3 is 1. The van der Waals surface area contributed by atoms with Crippen LogP contribution in [0.1, 0.15) is 47.3 Å². The van der Waals surface area contributed by atoms with Gasteiger partial charge in [-0.15, -0.1) is 0 Å². The number of pyridine rings is 1. The van der Waals surface area contributed by atoms with E-state index in [0.29, 0.717) is 28.3 Å². The van der Waals surface area contributed by atoms with Crippen LogP contribution < -0.4 is 5.32 Å². The summed E-state index contributed by atoms with van der Waals surface area (Å²) in [5.74, 6) is -3.87. The smallest absolute Gasteiger partial charge is 0.338 e. The molecule has 1 saturated carbocycles. The number of benzene rings is 2. The summed E-state index contributed by atoms with van der Waals surface area (Å²) in [5, 5.41) is 3.49. The summed E-state index contributed by atoms with van der Waals surface area (Å²) in [7, 11) is 1.25. The molecule has 1 heterocycles. The highest BCUT2D eigenvalue weighted by Crippen LogP contribution is 2.48. The van der Waals surface area contributed by atoms with Crippen molar-refractivity contribution in [2.24, 2.45) is 5.92 Å². The van der Waals surface area contributed by atoms with Crippen molar-refractivity contribution in [3.63, 3.8) is 0 Å². The van der Waals surface area contributed by atoms with E-state index >= 15 is 0 Å². The summed E-state index contributed by atoms with van der Waals surface area (Å²) in [6.45, 7) is 1.39. The molecule has 2 aromatic carbocycles. The first-order valence-corrected chi connectivity index (χ1v) is 11.2. The average molecular weight is 485 g/mol. The Kier molecular flexibility index (Phi) is 6.66. The number of esters is 1. The fourth-order valence-corrected chi connectivity index (χ4v) is 4.13. The summed E-state index contributed by atoms with van der Waals surface area (Å²) in [4.78, 5) is 29.1. The van der Waals surface area contributed by atoms with E-state index in [-0.39, 0.29) is 35.4 Å². The van der Waals surface area contributed by atoms with Gasteiger partial charge in [0.15, 0.2) is 0 Å². The lowest BCUT2D eigenvalue weighted by atomic mass is 9.99. The van der Waals surface area contributed by atoms with Crippen molar-refractivity contribution in [3.05, 3.63) is 82.6 Å². The number of aromatic nitrogens is 1. The van der Waals surface area contributed by atoms with Crippen LogP contribution in [-0.4, -0.2) is 24.0 Å². The van der Waals surface area contributed by atoms with E-state index in [2.05, 4.69) is 10.3 Å². The van der Waals surface area contributed by atoms with Gasteiger partial charge in [-0.1, -0.05) is 42.8 Å². The third-order valence-electron chi connectivity index (χ3n) is 5.99. The number of anilines is 1. The standard InChI is InChI=1S/C26H23ClF2N2O3/c1-3-26(28,29)23-10-7-16(14-30-23)19-9-8-18(12-22(19)25(33)34-2)31-24(32)21-13-20(21)15-5-4-6-17(27)11-15/h4-12,14,20-21H,3,13H2,1-2H3,(H,31,32). The van der Waals surface area contributed by atoms with E-state index < -0.39 is 11.9 Å². The molecular formula is C26H23ClF2N2O3. The molecule has 1 fully saturated rings. The van der Waals surface area contributed by atoms with Gasteiger partial charge in [-0.25, -0.2) is 4.79 Å². The number of ether oxygens (including phenoxy) is 1. The highest BCUT2D eigenvalue weighted by molar-refractivity contribution is 6.30. The maximum absolute atomic E-state index is 13.9. The lowest BCUT2D eigenvalue weighted by Gasteiger charge is -2.15. The summed E-state index contributed by atoms with van der Waals surface area (Å²) in [5.41, 5.74) is 2.26. The predicted octanol–water partition coefficient (Wildman–Crippen LogP) is 6.43. The van der Waals surface area contributed by atoms with Gasteiger partial charge in [0, 0.05) is 34.8 Å². The molecule has 2 atom stereocenters. The Hall–Kier alpha value is -3.32. The van der Waals surface area contributed by atoms with Crippen LogP contribution in [0.3, 0.4) is 0 Å². The summed E-state index contributed by atoms with van der Waals surface area (Å²) in [6, 6.07) is 15.0. The Labute approximate surface area is 201 Å². The number of hydrogen-bond acceptors (Lipinski definition) is 4. The number of alkyl halides is 2. The Morgan fingerprint density at radius 2 is 1.97 bits per heavy atom.